The zero-order valence-electron chi connectivity index (χ0n) is 14.2. The Balaban J connectivity index is 1.64. The maximum Gasteiger partial charge on any atom is 0.307 e. The molecule has 0 radical (unpaired) electrons. The lowest BCUT2D eigenvalue weighted by molar-refractivity contribution is 0.0925. The standard InChI is InChI=1S/C18H16Cl2N4O2/c1-11-8-12(2)24(23-11)10-14-6-7-16(26-14)18(25)22-21-9-13-4-3-5-15(19)17(13)20/h3-9H,10H2,1-2H3,(H,22,25). The van der Waals surface area contributed by atoms with Gasteiger partial charge in [0, 0.05) is 11.3 Å². The highest BCUT2D eigenvalue weighted by atomic mass is 35.5. The van der Waals surface area contributed by atoms with Crippen LogP contribution in [0.3, 0.4) is 0 Å². The number of hydrogen-bond donors (Lipinski definition) is 1. The zero-order chi connectivity index (χ0) is 18.7. The third kappa shape index (κ3) is 4.15. The number of carbonyl (C=O) groups is 1. The lowest BCUT2D eigenvalue weighted by atomic mass is 10.2. The average molecular weight is 391 g/mol. The lowest BCUT2D eigenvalue weighted by Gasteiger charge is -2.01. The summed E-state index contributed by atoms with van der Waals surface area (Å²) in [6.07, 6.45) is 1.42. The van der Waals surface area contributed by atoms with Crippen molar-refractivity contribution < 1.29 is 9.21 Å². The average Bonchev–Trinajstić information content (AvgIpc) is 3.18. The van der Waals surface area contributed by atoms with Crippen molar-refractivity contribution in [2.75, 3.05) is 0 Å². The molecule has 6 nitrogen and oxygen atoms in total. The SMILES string of the molecule is Cc1cc(C)n(Cc2ccc(C(=O)NN=Cc3cccc(Cl)c3Cl)o2)n1. The minimum atomic E-state index is -0.459. The highest BCUT2D eigenvalue weighted by Crippen LogP contribution is 2.24. The van der Waals surface area contributed by atoms with Gasteiger partial charge >= 0.3 is 5.91 Å². The van der Waals surface area contributed by atoms with E-state index in [4.69, 9.17) is 27.6 Å². The van der Waals surface area contributed by atoms with E-state index in [0.717, 1.165) is 11.4 Å². The molecule has 0 aliphatic carbocycles. The van der Waals surface area contributed by atoms with Crippen LogP contribution in [0.2, 0.25) is 10.0 Å². The maximum absolute atomic E-state index is 12.1. The molecule has 2 aromatic heterocycles. The summed E-state index contributed by atoms with van der Waals surface area (Å²) in [7, 11) is 0. The van der Waals surface area contributed by atoms with Gasteiger partial charge in [0.15, 0.2) is 5.76 Å². The number of amides is 1. The summed E-state index contributed by atoms with van der Waals surface area (Å²) >= 11 is 12.0. The summed E-state index contributed by atoms with van der Waals surface area (Å²) in [5.41, 5.74) is 4.95. The van der Waals surface area contributed by atoms with Gasteiger partial charge in [-0.15, -0.1) is 0 Å². The Morgan fingerprint density at radius 1 is 1.31 bits per heavy atom. The molecule has 8 heteroatoms. The fourth-order valence-electron chi connectivity index (χ4n) is 2.40. The number of nitrogens with zero attached hydrogens (tertiary/aromatic N) is 3. The predicted octanol–water partition coefficient (Wildman–Crippen LogP) is 4.21. The van der Waals surface area contributed by atoms with E-state index in [-0.39, 0.29) is 5.76 Å². The zero-order valence-corrected chi connectivity index (χ0v) is 15.7. The van der Waals surface area contributed by atoms with Crippen molar-refractivity contribution in [3.8, 4) is 0 Å². The number of rotatable bonds is 5. The van der Waals surface area contributed by atoms with Crippen molar-refractivity contribution >= 4 is 35.3 Å². The van der Waals surface area contributed by atoms with Crippen LogP contribution in [0.25, 0.3) is 0 Å². The van der Waals surface area contributed by atoms with Gasteiger partial charge in [0.1, 0.15) is 5.76 Å². The molecule has 0 bridgehead atoms. The topological polar surface area (TPSA) is 72.4 Å². The number of benzene rings is 1. The molecule has 0 aliphatic rings. The molecule has 0 spiro atoms. The van der Waals surface area contributed by atoms with Crippen LogP contribution in [0.5, 0.6) is 0 Å². The first-order valence-electron chi connectivity index (χ1n) is 7.81. The number of halogens is 2. The van der Waals surface area contributed by atoms with E-state index < -0.39 is 5.91 Å². The van der Waals surface area contributed by atoms with Crippen molar-refractivity contribution in [1.82, 2.24) is 15.2 Å². The number of hydrogen-bond acceptors (Lipinski definition) is 4. The van der Waals surface area contributed by atoms with Crippen LogP contribution in [0.4, 0.5) is 0 Å². The van der Waals surface area contributed by atoms with Crippen molar-refractivity contribution in [2.24, 2.45) is 5.10 Å². The fraction of sp³-hybridized carbons (Fsp3) is 0.167. The minimum absolute atomic E-state index is 0.163. The molecule has 3 aromatic rings. The normalized spacial score (nSPS) is 11.2. The molecule has 1 amide bonds. The summed E-state index contributed by atoms with van der Waals surface area (Å²) in [6.45, 7) is 4.34. The molecule has 26 heavy (non-hydrogen) atoms. The van der Waals surface area contributed by atoms with Crippen molar-refractivity contribution in [1.29, 1.82) is 0 Å². The Bertz CT molecular complexity index is 975. The Labute approximate surface area is 160 Å². The first-order chi connectivity index (χ1) is 12.4. The van der Waals surface area contributed by atoms with E-state index in [2.05, 4.69) is 15.6 Å². The minimum Gasteiger partial charge on any atom is -0.454 e. The number of aryl methyl sites for hydroxylation is 2. The van der Waals surface area contributed by atoms with Crippen LogP contribution in [0.1, 0.15) is 33.3 Å². The molecule has 1 N–H and O–H groups in total. The first-order valence-corrected chi connectivity index (χ1v) is 8.57. The molecule has 0 saturated carbocycles. The summed E-state index contributed by atoms with van der Waals surface area (Å²) in [5, 5.41) is 9.04. The quantitative estimate of drug-likeness (QED) is 0.523. The van der Waals surface area contributed by atoms with Crippen LogP contribution in [-0.2, 0) is 6.54 Å². The van der Waals surface area contributed by atoms with Crippen molar-refractivity contribution in [2.45, 2.75) is 20.4 Å². The Kier molecular flexibility index (Phi) is 5.44. The van der Waals surface area contributed by atoms with Crippen LogP contribution >= 0.6 is 23.2 Å². The molecule has 2 heterocycles. The van der Waals surface area contributed by atoms with E-state index >= 15 is 0 Å². The van der Waals surface area contributed by atoms with E-state index in [1.807, 2.05) is 24.6 Å². The highest BCUT2D eigenvalue weighted by Gasteiger charge is 2.12. The smallest absolute Gasteiger partial charge is 0.307 e. The van der Waals surface area contributed by atoms with E-state index in [1.165, 1.54) is 6.21 Å². The highest BCUT2D eigenvalue weighted by molar-refractivity contribution is 6.43. The largest absolute Gasteiger partial charge is 0.454 e. The van der Waals surface area contributed by atoms with Gasteiger partial charge in [0.25, 0.3) is 0 Å². The molecule has 0 aliphatic heterocycles. The van der Waals surface area contributed by atoms with Crippen LogP contribution in [0.15, 0.2) is 45.9 Å². The van der Waals surface area contributed by atoms with Gasteiger partial charge in [0.2, 0.25) is 0 Å². The molecule has 134 valence electrons. The molecule has 1 aromatic carbocycles. The lowest BCUT2D eigenvalue weighted by Crippen LogP contribution is -2.16. The van der Waals surface area contributed by atoms with Crippen LogP contribution in [-0.4, -0.2) is 21.9 Å². The molecule has 0 saturated heterocycles. The van der Waals surface area contributed by atoms with Gasteiger partial charge in [-0.25, -0.2) is 5.43 Å². The number of furan rings is 1. The third-order valence-corrected chi connectivity index (χ3v) is 4.48. The number of aromatic nitrogens is 2. The Hall–Kier alpha value is -2.57. The van der Waals surface area contributed by atoms with Gasteiger partial charge in [-0.3, -0.25) is 9.48 Å². The maximum atomic E-state index is 12.1. The summed E-state index contributed by atoms with van der Waals surface area (Å²) in [5.74, 6) is 0.332. The molecular formula is C18H16Cl2N4O2. The van der Waals surface area contributed by atoms with Crippen LogP contribution in [0, 0.1) is 13.8 Å². The van der Waals surface area contributed by atoms with Gasteiger partial charge in [-0.1, -0.05) is 35.3 Å². The third-order valence-electron chi connectivity index (χ3n) is 3.65. The number of carbonyl (C=O) groups excluding carboxylic acids is 1. The second-order valence-corrected chi connectivity index (χ2v) is 6.48. The van der Waals surface area contributed by atoms with E-state index in [9.17, 15) is 4.79 Å². The summed E-state index contributed by atoms with van der Waals surface area (Å²) in [4.78, 5) is 12.1. The van der Waals surface area contributed by atoms with Gasteiger partial charge in [-0.2, -0.15) is 10.2 Å². The summed E-state index contributed by atoms with van der Waals surface area (Å²) < 4.78 is 7.38. The fourth-order valence-corrected chi connectivity index (χ4v) is 2.76. The Morgan fingerprint density at radius 3 is 2.85 bits per heavy atom. The Morgan fingerprint density at radius 2 is 2.12 bits per heavy atom. The molecule has 0 atom stereocenters. The van der Waals surface area contributed by atoms with Gasteiger partial charge in [-0.05, 0) is 38.1 Å². The molecule has 0 fully saturated rings. The molecule has 0 unspecified atom stereocenters. The van der Waals surface area contributed by atoms with Crippen molar-refractivity contribution in [3.63, 3.8) is 0 Å². The van der Waals surface area contributed by atoms with Crippen molar-refractivity contribution in [3.05, 3.63) is 74.9 Å². The van der Waals surface area contributed by atoms with E-state index in [0.29, 0.717) is 27.9 Å². The number of hydrazone groups is 1. The van der Waals surface area contributed by atoms with Gasteiger partial charge in [0.05, 0.1) is 28.5 Å². The van der Waals surface area contributed by atoms with Crippen LogP contribution < -0.4 is 5.43 Å². The summed E-state index contributed by atoms with van der Waals surface area (Å²) in [6, 6.07) is 10.5. The first kappa shape index (κ1) is 18.2. The van der Waals surface area contributed by atoms with Gasteiger partial charge < -0.3 is 4.42 Å². The second-order valence-electron chi connectivity index (χ2n) is 5.69. The number of nitrogens with one attached hydrogen (secondary N) is 1. The monoisotopic (exact) mass is 390 g/mol. The molecule has 3 rings (SSSR count). The second kappa shape index (κ2) is 7.76. The molecular weight excluding hydrogens is 375 g/mol. The van der Waals surface area contributed by atoms with E-state index in [1.54, 1.807) is 30.3 Å². The predicted molar refractivity (Wildman–Crippen MR) is 101 cm³/mol.